The second kappa shape index (κ2) is 5.83. The van der Waals surface area contributed by atoms with Crippen molar-refractivity contribution in [2.45, 2.75) is 33.4 Å². The predicted octanol–water partition coefficient (Wildman–Crippen LogP) is 4.16. The Hall–Kier alpha value is -1.60. The third kappa shape index (κ3) is 2.99. The molecule has 0 heterocycles. The minimum atomic E-state index is 0.518. The molecule has 0 aliphatic carbocycles. The standard InChI is InChI=1S/C17H21N/c1-13(2)18-12-16-10-7-11-17(14(16)3)15-8-5-4-6-9-15/h4-11,13,18H,12H2,1-3H3. The number of rotatable bonds is 4. The average molecular weight is 239 g/mol. The fourth-order valence-corrected chi connectivity index (χ4v) is 2.12. The van der Waals surface area contributed by atoms with Gasteiger partial charge in [0.15, 0.2) is 0 Å². The highest BCUT2D eigenvalue weighted by molar-refractivity contribution is 5.68. The van der Waals surface area contributed by atoms with Gasteiger partial charge in [0.05, 0.1) is 0 Å². The molecular weight excluding hydrogens is 218 g/mol. The maximum absolute atomic E-state index is 3.48. The molecule has 2 aromatic rings. The molecule has 0 fully saturated rings. The highest BCUT2D eigenvalue weighted by Crippen LogP contribution is 2.25. The summed E-state index contributed by atoms with van der Waals surface area (Å²) in [5, 5.41) is 3.48. The highest BCUT2D eigenvalue weighted by Gasteiger charge is 2.05. The van der Waals surface area contributed by atoms with Gasteiger partial charge in [-0.15, -0.1) is 0 Å². The zero-order valence-electron chi connectivity index (χ0n) is 11.4. The third-order valence-electron chi connectivity index (χ3n) is 3.23. The molecule has 18 heavy (non-hydrogen) atoms. The van der Waals surface area contributed by atoms with E-state index in [1.165, 1.54) is 22.3 Å². The van der Waals surface area contributed by atoms with Crippen molar-refractivity contribution in [3.8, 4) is 11.1 Å². The van der Waals surface area contributed by atoms with Crippen molar-refractivity contribution >= 4 is 0 Å². The molecule has 1 nitrogen and oxygen atoms in total. The Bertz CT molecular complexity index is 500. The Morgan fingerprint density at radius 2 is 1.67 bits per heavy atom. The molecule has 1 heteroatoms. The zero-order valence-corrected chi connectivity index (χ0v) is 11.4. The van der Waals surface area contributed by atoms with Crippen molar-refractivity contribution in [2.24, 2.45) is 0 Å². The molecular formula is C17H21N. The van der Waals surface area contributed by atoms with Gasteiger partial charge in [-0.25, -0.2) is 0 Å². The van der Waals surface area contributed by atoms with E-state index < -0.39 is 0 Å². The molecule has 0 saturated carbocycles. The Morgan fingerprint density at radius 3 is 2.33 bits per heavy atom. The van der Waals surface area contributed by atoms with Crippen molar-refractivity contribution in [2.75, 3.05) is 0 Å². The van der Waals surface area contributed by atoms with Gasteiger partial charge in [0, 0.05) is 12.6 Å². The lowest BCUT2D eigenvalue weighted by molar-refractivity contribution is 0.587. The van der Waals surface area contributed by atoms with Crippen LogP contribution in [-0.4, -0.2) is 6.04 Å². The average Bonchev–Trinajstić information content (AvgIpc) is 2.38. The van der Waals surface area contributed by atoms with Gasteiger partial charge in [-0.3, -0.25) is 0 Å². The molecule has 0 spiro atoms. The van der Waals surface area contributed by atoms with Crippen LogP contribution in [0.5, 0.6) is 0 Å². The highest BCUT2D eigenvalue weighted by atomic mass is 14.9. The lowest BCUT2D eigenvalue weighted by Gasteiger charge is -2.14. The molecule has 0 radical (unpaired) electrons. The fraction of sp³-hybridized carbons (Fsp3) is 0.294. The second-order valence-electron chi connectivity index (χ2n) is 4.99. The molecule has 2 aromatic carbocycles. The molecule has 0 aliphatic heterocycles. The lowest BCUT2D eigenvalue weighted by Crippen LogP contribution is -2.22. The summed E-state index contributed by atoms with van der Waals surface area (Å²) in [6.45, 7) is 7.50. The van der Waals surface area contributed by atoms with Gasteiger partial charge in [-0.1, -0.05) is 62.4 Å². The maximum Gasteiger partial charge on any atom is 0.0210 e. The largest absolute Gasteiger partial charge is 0.310 e. The van der Waals surface area contributed by atoms with E-state index in [0.29, 0.717) is 6.04 Å². The smallest absolute Gasteiger partial charge is 0.0210 e. The number of hydrogen-bond acceptors (Lipinski definition) is 1. The molecule has 0 aromatic heterocycles. The van der Waals surface area contributed by atoms with Gasteiger partial charge >= 0.3 is 0 Å². The summed E-state index contributed by atoms with van der Waals surface area (Å²) >= 11 is 0. The molecule has 0 unspecified atom stereocenters. The molecule has 0 saturated heterocycles. The molecule has 0 amide bonds. The summed E-state index contributed by atoms with van der Waals surface area (Å²) in [5.74, 6) is 0. The van der Waals surface area contributed by atoms with Crippen LogP contribution in [0.2, 0.25) is 0 Å². The van der Waals surface area contributed by atoms with E-state index in [-0.39, 0.29) is 0 Å². The Balaban J connectivity index is 2.30. The van der Waals surface area contributed by atoms with Crippen molar-refractivity contribution in [1.82, 2.24) is 5.32 Å². The fourth-order valence-electron chi connectivity index (χ4n) is 2.12. The molecule has 2 rings (SSSR count). The van der Waals surface area contributed by atoms with E-state index in [1.54, 1.807) is 0 Å². The topological polar surface area (TPSA) is 12.0 Å². The quantitative estimate of drug-likeness (QED) is 0.844. The van der Waals surface area contributed by atoms with E-state index in [4.69, 9.17) is 0 Å². The van der Waals surface area contributed by atoms with Crippen LogP contribution in [0.1, 0.15) is 25.0 Å². The first-order valence-electron chi connectivity index (χ1n) is 6.56. The molecule has 1 N–H and O–H groups in total. The molecule has 0 bridgehead atoms. The molecule has 0 aliphatic rings. The second-order valence-corrected chi connectivity index (χ2v) is 4.99. The lowest BCUT2D eigenvalue weighted by atomic mass is 9.96. The summed E-state index contributed by atoms with van der Waals surface area (Å²) in [7, 11) is 0. The van der Waals surface area contributed by atoms with Crippen LogP contribution in [0.15, 0.2) is 48.5 Å². The van der Waals surface area contributed by atoms with E-state index in [0.717, 1.165) is 6.54 Å². The Kier molecular flexibility index (Phi) is 4.16. The number of hydrogen-bond donors (Lipinski definition) is 1. The summed E-state index contributed by atoms with van der Waals surface area (Å²) in [5.41, 5.74) is 5.38. The molecule has 94 valence electrons. The van der Waals surface area contributed by atoms with Gasteiger partial charge in [-0.05, 0) is 29.2 Å². The minimum absolute atomic E-state index is 0.518. The van der Waals surface area contributed by atoms with Crippen LogP contribution in [-0.2, 0) is 6.54 Å². The van der Waals surface area contributed by atoms with Gasteiger partial charge in [0.2, 0.25) is 0 Å². The summed E-state index contributed by atoms with van der Waals surface area (Å²) in [6.07, 6.45) is 0. The molecule has 0 atom stereocenters. The SMILES string of the molecule is Cc1c(CNC(C)C)cccc1-c1ccccc1. The van der Waals surface area contributed by atoms with Crippen LogP contribution in [0, 0.1) is 6.92 Å². The first-order valence-corrected chi connectivity index (χ1v) is 6.56. The Labute approximate surface area is 110 Å². The predicted molar refractivity (Wildman–Crippen MR) is 78.6 cm³/mol. The summed E-state index contributed by atoms with van der Waals surface area (Å²) in [4.78, 5) is 0. The van der Waals surface area contributed by atoms with E-state index >= 15 is 0 Å². The van der Waals surface area contributed by atoms with Crippen LogP contribution < -0.4 is 5.32 Å². The normalized spacial score (nSPS) is 10.9. The maximum atomic E-state index is 3.48. The van der Waals surface area contributed by atoms with Crippen LogP contribution in [0.25, 0.3) is 11.1 Å². The van der Waals surface area contributed by atoms with Crippen LogP contribution in [0.3, 0.4) is 0 Å². The van der Waals surface area contributed by atoms with Crippen molar-refractivity contribution in [3.05, 3.63) is 59.7 Å². The first kappa shape index (κ1) is 12.8. The van der Waals surface area contributed by atoms with Gasteiger partial charge in [0.25, 0.3) is 0 Å². The number of nitrogens with one attached hydrogen (secondary N) is 1. The van der Waals surface area contributed by atoms with Gasteiger partial charge in [0.1, 0.15) is 0 Å². The Morgan fingerprint density at radius 1 is 0.944 bits per heavy atom. The monoisotopic (exact) mass is 239 g/mol. The van der Waals surface area contributed by atoms with E-state index in [2.05, 4.69) is 74.6 Å². The zero-order chi connectivity index (χ0) is 13.0. The third-order valence-corrected chi connectivity index (χ3v) is 3.23. The minimum Gasteiger partial charge on any atom is -0.310 e. The van der Waals surface area contributed by atoms with Crippen molar-refractivity contribution in [3.63, 3.8) is 0 Å². The van der Waals surface area contributed by atoms with Crippen molar-refractivity contribution < 1.29 is 0 Å². The van der Waals surface area contributed by atoms with Crippen LogP contribution >= 0.6 is 0 Å². The van der Waals surface area contributed by atoms with Gasteiger partial charge < -0.3 is 5.32 Å². The summed E-state index contributed by atoms with van der Waals surface area (Å²) in [6, 6.07) is 17.6. The van der Waals surface area contributed by atoms with E-state index in [1.807, 2.05) is 0 Å². The first-order chi connectivity index (χ1) is 8.68. The van der Waals surface area contributed by atoms with Crippen LogP contribution in [0.4, 0.5) is 0 Å². The summed E-state index contributed by atoms with van der Waals surface area (Å²) < 4.78 is 0. The van der Waals surface area contributed by atoms with Crippen molar-refractivity contribution in [1.29, 1.82) is 0 Å². The van der Waals surface area contributed by atoms with E-state index in [9.17, 15) is 0 Å². The van der Waals surface area contributed by atoms with Gasteiger partial charge in [-0.2, -0.15) is 0 Å². The number of benzene rings is 2.